The molecule has 2 aromatic heterocycles. The second-order valence-corrected chi connectivity index (χ2v) is 12.1. The molecule has 1 atom stereocenters. The number of alkyl halides is 3. The van der Waals surface area contributed by atoms with Gasteiger partial charge in [-0.3, -0.25) is 19.3 Å². The lowest BCUT2D eigenvalue weighted by atomic mass is 9.75. The van der Waals surface area contributed by atoms with Crippen molar-refractivity contribution in [2.75, 3.05) is 0 Å². The highest BCUT2D eigenvalue weighted by Gasteiger charge is 2.43. The van der Waals surface area contributed by atoms with Crippen molar-refractivity contribution in [3.63, 3.8) is 0 Å². The van der Waals surface area contributed by atoms with Crippen molar-refractivity contribution in [1.82, 2.24) is 14.8 Å². The Hall–Kier alpha value is -2.26. The predicted octanol–water partition coefficient (Wildman–Crippen LogP) is 7.97. The summed E-state index contributed by atoms with van der Waals surface area (Å²) in [5, 5.41) is 4.20. The fourth-order valence-electron chi connectivity index (χ4n) is 5.54. The van der Waals surface area contributed by atoms with Crippen LogP contribution in [0.4, 0.5) is 13.2 Å². The minimum atomic E-state index is -4.79. The smallest absolute Gasteiger partial charge is 0.303 e. The second-order valence-electron chi connectivity index (χ2n) is 11.3. The van der Waals surface area contributed by atoms with Gasteiger partial charge in [-0.25, -0.2) is 0 Å². The van der Waals surface area contributed by atoms with Gasteiger partial charge in [0.2, 0.25) is 0 Å². The molecule has 39 heavy (non-hydrogen) atoms. The lowest BCUT2D eigenvalue weighted by Crippen LogP contribution is -2.30. The lowest BCUT2D eigenvalue weighted by Gasteiger charge is -2.34. The minimum absolute atomic E-state index is 0.0672. The van der Waals surface area contributed by atoms with E-state index in [1.165, 1.54) is 12.4 Å². The number of aldehydes is 1. The SMILES string of the molecule is CC1(C=O)CCC(n2ncc(C(=O)CC(CCCC3CC3)CC(=O)c3c(Cl)cncc3Cl)c2C(F)(F)F)CC1. The van der Waals surface area contributed by atoms with Gasteiger partial charge < -0.3 is 4.79 Å². The highest BCUT2D eigenvalue weighted by Crippen LogP contribution is 2.43. The molecule has 0 aromatic carbocycles. The van der Waals surface area contributed by atoms with E-state index >= 15 is 0 Å². The van der Waals surface area contributed by atoms with E-state index in [4.69, 9.17) is 23.2 Å². The highest BCUT2D eigenvalue weighted by atomic mass is 35.5. The fraction of sp³-hybridized carbons (Fsp3) is 0.607. The first kappa shape index (κ1) is 29.7. The zero-order valence-electron chi connectivity index (χ0n) is 21.8. The third-order valence-corrected chi connectivity index (χ3v) is 8.67. The third kappa shape index (κ3) is 7.28. The van der Waals surface area contributed by atoms with Gasteiger partial charge in [0.05, 0.1) is 33.4 Å². The quantitative estimate of drug-likeness (QED) is 0.186. The zero-order valence-corrected chi connectivity index (χ0v) is 23.3. The molecule has 2 fully saturated rings. The summed E-state index contributed by atoms with van der Waals surface area (Å²) < 4.78 is 43.7. The Labute approximate surface area is 235 Å². The molecular formula is C28H32Cl2F3N3O3. The zero-order chi connectivity index (χ0) is 28.4. The summed E-state index contributed by atoms with van der Waals surface area (Å²) in [4.78, 5) is 41.7. The Kier molecular flexibility index (Phi) is 9.21. The number of hydrogen-bond donors (Lipinski definition) is 0. The average Bonchev–Trinajstić information content (AvgIpc) is 3.57. The number of aromatic nitrogens is 3. The van der Waals surface area contributed by atoms with Crippen molar-refractivity contribution in [3.05, 3.63) is 45.5 Å². The summed E-state index contributed by atoms with van der Waals surface area (Å²) in [6, 6.07) is -0.553. The third-order valence-electron chi connectivity index (χ3n) is 8.09. The number of carbonyl (C=O) groups is 3. The van der Waals surface area contributed by atoms with Gasteiger partial charge >= 0.3 is 6.18 Å². The predicted molar refractivity (Wildman–Crippen MR) is 141 cm³/mol. The number of Topliss-reactive ketones (excluding diaryl/α,β-unsaturated/α-hetero) is 2. The first-order valence-electron chi connectivity index (χ1n) is 13.4. The van der Waals surface area contributed by atoms with Gasteiger partial charge in [0.25, 0.3) is 0 Å². The Morgan fingerprint density at radius 3 is 2.26 bits per heavy atom. The molecule has 0 radical (unpaired) electrons. The van der Waals surface area contributed by atoms with Gasteiger partial charge in [0.1, 0.15) is 6.29 Å². The Morgan fingerprint density at radius 2 is 1.69 bits per heavy atom. The molecule has 4 rings (SSSR count). The maximum atomic E-state index is 14.3. The highest BCUT2D eigenvalue weighted by molar-refractivity contribution is 6.39. The van der Waals surface area contributed by atoms with Crippen molar-refractivity contribution < 1.29 is 27.6 Å². The van der Waals surface area contributed by atoms with Crippen molar-refractivity contribution in [2.24, 2.45) is 17.3 Å². The van der Waals surface area contributed by atoms with E-state index in [-0.39, 0.29) is 34.2 Å². The van der Waals surface area contributed by atoms with E-state index in [1.54, 1.807) is 6.92 Å². The normalized spacial score (nSPS) is 22.5. The van der Waals surface area contributed by atoms with E-state index in [1.807, 2.05) is 0 Å². The second kappa shape index (κ2) is 12.1. The minimum Gasteiger partial charge on any atom is -0.303 e. The van der Waals surface area contributed by atoms with E-state index in [0.29, 0.717) is 38.0 Å². The first-order valence-corrected chi connectivity index (χ1v) is 14.1. The van der Waals surface area contributed by atoms with Crippen LogP contribution in [0.2, 0.25) is 10.0 Å². The number of nitrogens with zero attached hydrogens (tertiary/aromatic N) is 3. The van der Waals surface area contributed by atoms with Gasteiger partial charge in [0, 0.05) is 30.7 Å². The number of ketones is 2. The molecule has 212 valence electrons. The van der Waals surface area contributed by atoms with E-state index in [0.717, 1.165) is 42.8 Å². The summed E-state index contributed by atoms with van der Waals surface area (Å²) in [5.41, 5.74) is -1.99. The number of carbonyl (C=O) groups excluding carboxylic acids is 3. The Morgan fingerprint density at radius 1 is 1.08 bits per heavy atom. The van der Waals surface area contributed by atoms with Crippen LogP contribution in [0.1, 0.15) is 110 Å². The summed E-state index contributed by atoms with van der Waals surface area (Å²) in [5.74, 6) is -0.897. The maximum Gasteiger partial charge on any atom is 0.433 e. The molecule has 2 aromatic rings. The monoisotopic (exact) mass is 585 g/mol. The molecule has 0 spiro atoms. The Bertz CT molecular complexity index is 1200. The molecule has 0 aliphatic heterocycles. The van der Waals surface area contributed by atoms with Gasteiger partial charge in [-0.15, -0.1) is 0 Å². The molecule has 0 bridgehead atoms. The first-order chi connectivity index (χ1) is 18.4. The molecule has 6 nitrogen and oxygen atoms in total. The van der Waals surface area contributed by atoms with Crippen molar-refractivity contribution in [1.29, 1.82) is 0 Å². The molecule has 2 aliphatic rings. The summed E-state index contributed by atoms with van der Waals surface area (Å²) >= 11 is 12.3. The fourth-order valence-corrected chi connectivity index (χ4v) is 6.12. The van der Waals surface area contributed by atoms with Gasteiger partial charge in [-0.2, -0.15) is 18.3 Å². The van der Waals surface area contributed by atoms with Gasteiger partial charge in [-0.05, 0) is 43.9 Å². The van der Waals surface area contributed by atoms with Crippen molar-refractivity contribution in [2.45, 2.75) is 89.8 Å². The number of rotatable bonds is 12. The van der Waals surface area contributed by atoms with Crippen LogP contribution in [0.5, 0.6) is 0 Å². The molecular weight excluding hydrogens is 554 g/mol. The standard InChI is InChI=1S/C28H32Cl2F3N3O3/c1-27(16-37)9-7-19(8-10-27)36-26(28(31,32)33)20(13-35-36)23(38)11-18(4-2-3-17-5-6-17)12-24(39)25-21(29)14-34-15-22(25)30/h13-19H,2-12H2,1H3. The van der Waals surface area contributed by atoms with Crippen LogP contribution >= 0.6 is 23.2 Å². The molecule has 1 unspecified atom stereocenters. The van der Waals surface area contributed by atoms with Crippen LogP contribution in [0.15, 0.2) is 18.6 Å². The summed E-state index contributed by atoms with van der Waals surface area (Å²) in [7, 11) is 0. The molecule has 0 N–H and O–H groups in total. The molecule has 2 aliphatic carbocycles. The van der Waals surface area contributed by atoms with E-state index < -0.39 is 40.6 Å². The number of halogens is 5. The molecule has 0 saturated heterocycles. The van der Waals surface area contributed by atoms with Crippen LogP contribution in [0.25, 0.3) is 0 Å². The number of pyridine rings is 1. The molecule has 2 saturated carbocycles. The van der Waals surface area contributed by atoms with Crippen LogP contribution in [-0.4, -0.2) is 32.6 Å². The van der Waals surface area contributed by atoms with Crippen molar-refractivity contribution in [3.8, 4) is 0 Å². The molecule has 2 heterocycles. The van der Waals surface area contributed by atoms with Crippen LogP contribution in [0, 0.1) is 17.3 Å². The number of hydrogen-bond acceptors (Lipinski definition) is 5. The van der Waals surface area contributed by atoms with Crippen LogP contribution < -0.4 is 0 Å². The summed E-state index contributed by atoms with van der Waals surface area (Å²) in [6.45, 7) is 1.80. The Balaban J connectivity index is 1.54. The largest absolute Gasteiger partial charge is 0.433 e. The van der Waals surface area contributed by atoms with E-state index in [2.05, 4.69) is 10.1 Å². The molecule has 11 heteroatoms. The van der Waals surface area contributed by atoms with Crippen LogP contribution in [-0.2, 0) is 11.0 Å². The topological polar surface area (TPSA) is 81.9 Å². The lowest BCUT2D eigenvalue weighted by molar-refractivity contribution is -0.146. The van der Waals surface area contributed by atoms with Crippen molar-refractivity contribution >= 4 is 41.1 Å². The van der Waals surface area contributed by atoms with Crippen LogP contribution in [0.3, 0.4) is 0 Å². The maximum absolute atomic E-state index is 14.3. The molecule has 0 amide bonds. The van der Waals surface area contributed by atoms with E-state index in [9.17, 15) is 27.6 Å². The average molecular weight is 586 g/mol. The van der Waals surface area contributed by atoms with Gasteiger partial charge in [0.15, 0.2) is 17.3 Å². The van der Waals surface area contributed by atoms with Gasteiger partial charge in [-0.1, -0.05) is 55.8 Å². The summed E-state index contributed by atoms with van der Waals surface area (Å²) in [6.07, 6.45) is 5.60.